The summed E-state index contributed by atoms with van der Waals surface area (Å²) in [5.74, 6) is -0.893. The molecule has 0 bridgehead atoms. The monoisotopic (exact) mass is 404 g/mol. The molecule has 6 heteroatoms. The number of nitrogens with two attached hydrogens (primary N) is 1. The van der Waals surface area contributed by atoms with E-state index in [0.29, 0.717) is 24.5 Å². The summed E-state index contributed by atoms with van der Waals surface area (Å²) in [5.41, 5.74) is 11.7. The highest BCUT2D eigenvalue weighted by molar-refractivity contribution is 5.69. The lowest BCUT2D eigenvalue weighted by Gasteiger charge is -2.14. The van der Waals surface area contributed by atoms with Gasteiger partial charge < -0.3 is 15.6 Å². The van der Waals surface area contributed by atoms with Crippen molar-refractivity contribution in [2.75, 3.05) is 11.1 Å². The molecule has 0 atom stereocenters. The van der Waals surface area contributed by atoms with Crippen molar-refractivity contribution in [3.8, 4) is 11.1 Å². The van der Waals surface area contributed by atoms with E-state index >= 15 is 0 Å². The number of aromatic nitrogens is 2. The van der Waals surface area contributed by atoms with Crippen LogP contribution in [0.25, 0.3) is 11.1 Å². The molecule has 4 aromatic rings. The molecule has 4 nitrogen and oxygen atoms in total. The molecule has 0 unspecified atom stereocenters. The Hall–Kier alpha value is -3.67. The molecule has 1 heterocycles. The van der Waals surface area contributed by atoms with Crippen LogP contribution in [0.4, 0.5) is 20.2 Å². The van der Waals surface area contributed by atoms with Gasteiger partial charge in [-0.3, -0.25) is 0 Å². The van der Waals surface area contributed by atoms with Gasteiger partial charge in [-0.15, -0.1) is 0 Å². The number of nitrogens with one attached hydrogen (secondary N) is 1. The first-order valence-electron chi connectivity index (χ1n) is 9.65. The number of nitrogen functional groups attached to an aromatic ring is 1. The Morgan fingerprint density at radius 2 is 1.73 bits per heavy atom. The second kappa shape index (κ2) is 8.37. The normalized spacial score (nSPS) is 10.9. The Kier molecular flexibility index (Phi) is 5.48. The Bertz CT molecular complexity index is 1170. The molecule has 1 aromatic heterocycles. The number of anilines is 2. The van der Waals surface area contributed by atoms with Gasteiger partial charge in [0, 0.05) is 17.4 Å². The lowest BCUT2D eigenvalue weighted by molar-refractivity contribution is 0.509. The Morgan fingerprint density at radius 3 is 2.47 bits per heavy atom. The van der Waals surface area contributed by atoms with Crippen molar-refractivity contribution in [2.45, 2.75) is 20.0 Å². The summed E-state index contributed by atoms with van der Waals surface area (Å²) < 4.78 is 28.6. The van der Waals surface area contributed by atoms with Crippen LogP contribution in [-0.4, -0.2) is 9.55 Å². The van der Waals surface area contributed by atoms with Gasteiger partial charge in [-0.2, -0.15) is 0 Å². The lowest BCUT2D eigenvalue weighted by atomic mass is 10.0. The molecule has 0 amide bonds. The smallest absolute Gasteiger partial charge is 0.160 e. The zero-order valence-corrected chi connectivity index (χ0v) is 16.6. The second-order valence-electron chi connectivity index (χ2n) is 7.14. The number of aryl methyl sites for hydroxylation is 1. The fourth-order valence-corrected chi connectivity index (χ4v) is 3.39. The summed E-state index contributed by atoms with van der Waals surface area (Å²) in [5, 5.41) is 3.11. The summed E-state index contributed by atoms with van der Waals surface area (Å²) >= 11 is 0. The number of hydrogen-bond acceptors (Lipinski definition) is 3. The van der Waals surface area contributed by atoms with Crippen molar-refractivity contribution >= 4 is 11.4 Å². The first kappa shape index (κ1) is 19.6. The SMILES string of the molecule is Cc1ncc(CNc2ccc(F)c(F)c2)n1Cc1ccc(-c2ccccc2)cc1N. The van der Waals surface area contributed by atoms with Crippen LogP contribution in [0.2, 0.25) is 0 Å². The average Bonchev–Trinajstić information content (AvgIpc) is 3.10. The van der Waals surface area contributed by atoms with Crippen LogP contribution in [0.1, 0.15) is 17.1 Å². The van der Waals surface area contributed by atoms with Gasteiger partial charge in [0.25, 0.3) is 0 Å². The van der Waals surface area contributed by atoms with Crippen LogP contribution in [0, 0.1) is 18.6 Å². The highest BCUT2D eigenvalue weighted by atomic mass is 19.2. The summed E-state index contributed by atoms with van der Waals surface area (Å²) in [6, 6.07) is 19.9. The van der Waals surface area contributed by atoms with Gasteiger partial charge in [-0.25, -0.2) is 13.8 Å². The topological polar surface area (TPSA) is 55.9 Å². The van der Waals surface area contributed by atoms with Crippen LogP contribution < -0.4 is 11.1 Å². The number of benzene rings is 3. The highest BCUT2D eigenvalue weighted by Gasteiger charge is 2.11. The molecule has 30 heavy (non-hydrogen) atoms. The van der Waals surface area contributed by atoms with E-state index in [1.54, 1.807) is 6.20 Å². The number of nitrogens with zero attached hydrogens (tertiary/aromatic N) is 2. The van der Waals surface area contributed by atoms with E-state index in [4.69, 9.17) is 5.73 Å². The molecule has 3 aromatic carbocycles. The molecule has 152 valence electrons. The quantitative estimate of drug-likeness (QED) is 0.424. The molecule has 0 aliphatic heterocycles. The van der Waals surface area contributed by atoms with E-state index in [1.807, 2.05) is 37.3 Å². The molecular weight excluding hydrogens is 382 g/mol. The van der Waals surface area contributed by atoms with Gasteiger partial charge in [0.05, 0.1) is 25.0 Å². The molecule has 0 aliphatic rings. The highest BCUT2D eigenvalue weighted by Crippen LogP contribution is 2.25. The molecule has 0 spiro atoms. The maximum atomic E-state index is 13.4. The van der Waals surface area contributed by atoms with E-state index in [1.165, 1.54) is 6.07 Å². The minimum Gasteiger partial charge on any atom is -0.398 e. The molecular formula is C24H22F2N4. The van der Waals surface area contributed by atoms with E-state index in [2.05, 4.69) is 33.1 Å². The number of rotatable bonds is 6. The minimum absolute atomic E-state index is 0.425. The average molecular weight is 404 g/mol. The fraction of sp³-hybridized carbons (Fsp3) is 0.125. The van der Waals surface area contributed by atoms with Crippen molar-refractivity contribution < 1.29 is 8.78 Å². The van der Waals surface area contributed by atoms with Crippen molar-refractivity contribution in [3.05, 3.63) is 102 Å². The maximum Gasteiger partial charge on any atom is 0.160 e. The summed E-state index contributed by atoms with van der Waals surface area (Å²) in [6.07, 6.45) is 1.77. The number of imidazole rings is 1. The van der Waals surface area contributed by atoms with Crippen molar-refractivity contribution in [3.63, 3.8) is 0 Å². The summed E-state index contributed by atoms with van der Waals surface area (Å²) in [6.45, 7) is 2.92. The van der Waals surface area contributed by atoms with Gasteiger partial charge in [-0.05, 0) is 41.8 Å². The third-order valence-corrected chi connectivity index (χ3v) is 5.11. The first-order valence-corrected chi connectivity index (χ1v) is 9.65. The Labute approximate surface area is 174 Å². The zero-order valence-electron chi connectivity index (χ0n) is 16.6. The van der Waals surface area contributed by atoms with Crippen LogP contribution in [0.5, 0.6) is 0 Å². The van der Waals surface area contributed by atoms with E-state index in [0.717, 1.165) is 40.3 Å². The van der Waals surface area contributed by atoms with E-state index < -0.39 is 11.6 Å². The standard InChI is InChI=1S/C24H22F2N4/c1-16-28-13-21(14-29-20-9-10-22(25)23(26)12-20)30(16)15-19-8-7-18(11-24(19)27)17-5-3-2-4-6-17/h2-13,29H,14-15,27H2,1H3. The van der Waals surface area contributed by atoms with Crippen LogP contribution in [0.3, 0.4) is 0 Å². The molecule has 0 fully saturated rings. The Balaban J connectivity index is 1.52. The van der Waals surface area contributed by atoms with E-state index in [9.17, 15) is 8.78 Å². The van der Waals surface area contributed by atoms with Crippen molar-refractivity contribution in [1.82, 2.24) is 9.55 Å². The van der Waals surface area contributed by atoms with Gasteiger partial charge in [0.2, 0.25) is 0 Å². The molecule has 3 N–H and O–H groups in total. The van der Waals surface area contributed by atoms with Gasteiger partial charge in [-0.1, -0.05) is 42.5 Å². The Morgan fingerprint density at radius 1 is 0.933 bits per heavy atom. The first-order chi connectivity index (χ1) is 14.5. The van der Waals surface area contributed by atoms with Gasteiger partial charge in [0.15, 0.2) is 11.6 Å². The summed E-state index contributed by atoms with van der Waals surface area (Å²) in [4.78, 5) is 4.40. The third kappa shape index (κ3) is 4.17. The van der Waals surface area contributed by atoms with Gasteiger partial charge in [0.1, 0.15) is 5.82 Å². The van der Waals surface area contributed by atoms with E-state index in [-0.39, 0.29) is 0 Å². The largest absolute Gasteiger partial charge is 0.398 e. The number of halogens is 2. The molecule has 4 rings (SSSR count). The third-order valence-electron chi connectivity index (χ3n) is 5.11. The molecule has 0 saturated heterocycles. The van der Waals surface area contributed by atoms with Crippen LogP contribution >= 0.6 is 0 Å². The minimum atomic E-state index is -0.879. The lowest BCUT2D eigenvalue weighted by Crippen LogP contribution is -2.11. The molecule has 0 aliphatic carbocycles. The second-order valence-corrected chi connectivity index (χ2v) is 7.14. The zero-order chi connectivity index (χ0) is 21.1. The van der Waals surface area contributed by atoms with Crippen LogP contribution in [-0.2, 0) is 13.1 Å². The van der Waals surface area contributed by atoms with Crippen molar-refractivity contribution in [1.29, 1.82) is 0 Å². The summed E-state index contributed by atoms with van der Waals surface area (Å²) in [7, 11) is 0. The molecule has 0 saturated carbocycles. The number of hydrogen-bond donors (Lipinski definition) is 2. The predicted molar refractivity (Wildman–Crippen MR) is 116 cm³/mol. The van der Waals surface area contributed by atoms with Crippen LogP contribution in [0.15, 0.2) is 72.9 Å². The maximum absolute atomic E-state index is 13.4. The molecule has 0 radical (unpaired) electrons. The van der Waals surface area contributed by atoms with Gasteiger partial charge >= 0.3 is 0 Å². The van der Waals surface area contributed by atoms with Crippen molar-refractivity contribution in [2.24, 2.45) is 0 Å². The predicted octanol–water partition coefficient (Wildman–Crippen LogP) is 5.38. The fourth-order valence-electron chi connectivity index (χ4n) is 3.39.